The van der Waals surface area contributed by atoms with Crippen molar-refractivity contribution in [3.8, 4) is 5.75 Å². The summed E-state index contributed by atoms with van der Waals surface area (Å²) in [5.41, 5.74) is 1.07. The molecule has 1 unspecified atom stereocenters. The zero-order chi connectivity index (χ0) is 14.5. The summed E-state index contributed by atoms with van der Waals surface area (Å²) in [4.78, 5) is 2.29. The highest BCUT2D eigenvalue weighted by Crippen LogP contribution is 2.26. The minimum absolute atomic E-state index is 0.209. The van der Waals surface area contributed by atoms with Crippen LogP contribution in [0.5, 0.6) is 5.75 Å². The average Bonchev–Trinajstić information content (AvgIpc) is 2.85. The van der Waals surface area contributed by atoms with Gasteiger partial charge in [-0.2, -0.15) is 8.78 Å². The fourth-order valence-corrected chi connectivity index (χ4v) is 2.47. The first kappa shape index (κ1) is 15.0. The Balaban J connectivity index is 1.86. The Labute approximate surface area is 118 Å². The van der Waals surface area contributed by atoms with Crippen LogP contribution < -0.4 is 15.0 Å². The van der Waals surface area contributed by atoms with E-state index in [1.54, 1.807) is 12.1 Å². The highest BCUT2D eigenvalue weighted by atomic mass is 19.3. The fourth-order valence-electron chi connectivity index (χ4n) is 2.47. The first-order chi connectivity index (χ1) is 9.54. The molecule has 1 fully saturated rings. The van der Waals surface area contributed by atoms with Crippen molar-refractivity contribution in [3.05, 3.63) is 24.3 Å². The molecule has 1 saturated heterocycles. The van der Waals surface area contributed by atoms with Crippen molar-refractivity contribution in [3.63, 3.8) is 0 Å². The molecule has 112 valence electrons. The highest BCUT2D eigenvalue weighted by Gasteiger charge is 2.22. The summed E-state index contributed by atoms with van der Waals surface area (Å²) < 4.78 is 28.5. The van der Waals surface area contributed by atoms with Crippen molar-refractivity contribution in [1.29, 1.82) is 0 Å². The summed E-state index contributed by atoms with van der Waals surface area (Å²) in [6, 6.07) is 7.39. The standard InChI is InChI=1S/C15H22F2N2O/c1-11(2)18-9-12-7-8-19(10-12)13-3-5-14(6-4-13)20-15(16)17/h3-6,11-12,15,18H,7-10H2,1-2H3. The number of nitrogens with zero attached hydrogens (tertiary/aromatic N) is 1. The number of hydrogen-bond acceptors (Lipinski definition) is 3. The van der Waals surface area contributed by atoms with Gasteiger partial charge in [0.2, 0.25) is 0 Å². The molecule has 0 amide bonds. The smallest absolute Gasteiger partial charge is 0.387 e. The number of anilines is 1. The lowest BCUT2D eigenvalue weighted by atomic mass is 10.1. The van der Waals surface area contributed by atoms with E-state index in [1.165, 1.54) is 0 Å². The van der Waals surface area contributed by atoms with Crippen LogP contribution in [-0.2, 0) is 0 Å². The van der Waals surface area contributed by atoms with Gasteiger partial charge in [-0.05, 0) is 43.1 Å². The van der Waals surface area contributed by atoms with Crippen LogP contribution in [0.1, 0.15) is 20.3 Å². The molecule has 20 heavy (non-hydrogen) atoms. The first-order valence-corrected chi connectivity index (χ1v) is 7.08. The van der Waals surface area contributed by atoms with E-state index in [0.29, 0.717) is 12.0 Å². The molecular weight excluding hydrogens is 262 g/mol. The molecule has 0 aliphatic carbocycles. The quantitative estimate of drug-likeness (QED) is 0.868. The van der Waals surface area contributed by atoms with Gasteiger partial charge in [-0.15, -0.1) is 0 Å². The van der Waals surface area contributed by atoms with Gasteiger partial charge in [-0.25, -0.2) is 0 Å². The summed E-state index contributed by atoms with van der Waals surface area (Å²) in [5, 5.41) is 3.46. The van der Waals surface area contributed by atoms with Crippen molar-refractivity contribution in [2.24, 2.45) is 5.92 Å². The van der Waals surface area contributed by atoms with Gasteiger partial charge in [0.25, 0.3) is 0 Å². The van der Waals surface area contributed by atoms with E-state index in [9.17, 15) is 8.78 Å². The number of benzene rings is 1. The van der Waals surface area contributed by atoms with E-state index in [4.69, 9.17) is 0 Å². The predicted octanol–water partition coefficient (Wildman–Crippen LogP) is 3.11. The Morgan fingerprint density at radius 3 is 2.60 bits per heavy atom. The van der Waals surface area contributed by atoms with E-state index in [0.717, 1.165) is 31.7 Å². The lowest BCUT2D eigenvalue weighted by molar-refractivity contribution is -0.0498. The fraction of sp³-hybridized carbons (Fsp3) is 0.600. The topological polar surface area (TPSA) is 24.5 Å². The van der Waals surface area contributed by atoms with E-state index in [1.807, 2.05) is 12.1 Å². The van der Waals surface area contributed by atoms with E-state index in [-0.39, 0.29) is 5.75 Å². The van der Waals surface area contributed by atoms with Gasteiger partial charge in [0, 0.05) is 24.8 Å². The molecule has 1 heterocycles. The van der Waals surface area contributed by atoms with Gasteiger partial charge >= 0.3 is 6.61 Å². The van der Waals surface area contributed by atoms with Crippen LogP contribution in [0.4, 0.5) is 14.5 Å². The Morgan fingerprint density at radius 2 is 2.00 bits per heavy atom. The monoisotopic (exact) mass is 284 g/mol. The zero-order valence-electron chi connectivity index (χ0n) is 12.0. The first-order valence-electron chi connectivity index (χ1n) is 7.08. The largest absolute Gasteiger partial charge is 0.435 e. The average molecular weight is 284 g/mol. The third kappa shape index (κ3) is 4.34. The predicted molar refractivity (Wildman–Crippen MR) is 76.5 cm³/mol. The maximum atomic E-state index is 12.1. The van der Waals surface area contributed by atoms with Crippen LogP contribution in [0.15, 0.2) is 24.3 Å². The van der Waals surface area contributed by atoms with E-state index < -0.39 is 6.61 Å². The maximum absolute atomic E-state index is 12.1. The molecule has 1 aliphatic rings. The second-order valence-corrected chi connectivity index (χ2v) is 5.54. The Morgan fingerprint density at radius 1 is 1.30 bits per heavy atom. The third-order valence-electron chi connectivity index (χ3n) is 3.53. The van der Waals surface area contributed by atoms with Crippen molar-refractivity contribution < 1.29 is 13.5 Å². The molecule has 1 atom stereocenters. The summed E-state index contributed by atoms with van der Waals surface area (Å²) in [7, 11) is 0. The molecule has 0 radical (unpaired) electrons. The van der Waals surface area contributed by atoms with Gasteiger partial charge in [0.05, 0.1) is 0 Å². The Kier molecular flexibility index (Phi) is 5.17. The number of hydrogen-bond donors (Lipinski definition) is 1. The summed E-state index contributed by atoms with van der Waals surface area (Å²) in [6.07, 6.45) is 1.16. The Bertz CT molecular complexity index is 409. The van der Waals surface area contributed by atoms with Gasteiger partial charge in [-0.1, -0.05) is 13.8 Å². The van der Waals surface area contributed by atoms with Gasteiger partial charge in [0.15, 0.2) is 0 Å². The van der Waals surface area contributed by atoms with Crippen molar-refractivity contribution in [2.45, 2.75) is 32.9 Å². The molecule has 3 nitrogen and oxygen atoms in total. The van der Waals surface area contributed by atoms with E-state index >= 15 is 0 Å². The second kappa shape index (κ2) is 6.88. The molecule has 0 bridgehead atoms. The molecule has 1 aliphatic heterocycles. The molecule has 0 aromatic heterocycles. The molecular formula is C15H22F2N2O. The van der Waals surface area contributed by atoms with Gasteiger partial charge < -0.3 is 15.0 Å². The molecule has 0 saturated carbocycles. The summed E-state index contributed by atoms with van der Waals surface area (Å²) in [5.74, 6) is 0.857. The number of nitrogens with one attached hydrogen (secondary N) is 1. The van der Waals surface area contributed by atoms with Crippen LogP contribution in [0.2, 0.25) is 0 Å². The molecule has 1 N–H and O–H groups in total. The molecule has 1 aromatic rings. The number of rotatable bonds is 6. The van der Waals surface area contributed by atoms with Crippen LogP contribution in [0, 0.1) is 5.92 Å². The van der Waals surface area contributed by atoms with Crippen LogP contribution in [-0.4, -0.2) is 32.3 Å². The summed E-state index contributed by atoms with van der Waals surface area (Å²) in [6.45, 7) is 4.58. The lowest BCUT2D eigenvalue weighted by Crippen LogP contribution is -2.30. The number of alkyl halides is 2. The third-order valence-corrected chi connectivity index (χ3v) is 3.53. The lowest BCUT2D eigenvalue weighted by Gasteiger charge is -2.19. The van der Waals surface area contributed by atoms with Crippen molar-refractivity contribution in [1.82, 2.24) is 5.32 Å². The normalized spacial score (nSPS) is 19.1. The van der Waals surface area contributed by atoms with Gasteiger partial charge in [0.1, 0.15) is 5.75 Å². The molecule has 1 aromatic carbocycles. The van der Waals surface area contributed by atoms with Crippen LogP contribution >= 0.6 is 0 Å². The second-order valence-electron chi connectivity index (χ2n) is 5.54. The molecule has 5 heteroatoms. The summed E-state index contributed by atoms with van der Waals surface area (Å²) >= 11 is 0. The minimum atomic E-state index is -2.76. The van der Waals surface area contributed by atoms with Crippen molar-refractivity contribution in [2.75, 3.05) is 24.5 Å². The highest BCUT2D eigenvalue weighted by molar-refractivity contribution is 5.49. The molecule has 0 spiro atoms. The van der Waals surface area contributed by atoms with Gasteiger partial charge in [-0.3, -0.25) is 0 Å². The Hall–Kier alpha value is -1.36. The number of ether oxygens (including phenoxy) is 1. The maximum Gasteiger partial charge on any atom is 0.387 e. The van der Waals surface area contributed by atoms with Crippen molar-refractivity contribution >= 4 is 5.69 Å². The zero-order valence-corrected chi connectivity index (χ0v) is 12.0. The van der Waals surface area contributed by atoms with Crippen LogP contribution in [0.25, 0.3) is 0 Å². The SMILES string of the molecule is CC(C)NCC1CCN(c2ccc(OC(F)F)cc2)C1. The minimum Gasteiger partial charge on any atom is -0.435 e. The van der Waals surface area contributed by atoms with Crippen LogP contribution in [0.3, 0.4) is 0 Å². The number of halogens is 2. The molecule has 2 rings (SSSR count). The van der Waals surface area contributed by atoms with E-state index in [2.05, 4.69) is 28.8 Å².